The molecule has 1 rings (SSSR count). The molecule has 0 unspecified atom stereocenters. The zero-order chi connectivity index (χ0) is 12.1. The first-order valence-electron chi connectivity index (χ1n) is 4.50. The molecule has 3 nitrogen and oxygen atoms in total. The molecule has 84 valence electrons. The molecule has 0 bridgehead atoms. The number of rotatable bonds is 3. The molecule has 0 radical (unpaired) electrons. The van der Waals surface area contributed by atoms with E-state index in [9.17, 15) is 4.79 Å². The predicted molar refractivity (Wildman–Crippen MR) is 66.8 cm³/mol. The molecule has 0 aliphatic carbocycles. The van der Waals surface area contributed by atoms with E-state index in [0.29, 0.717) is 15.8 Å². The van der Waals surface area contributed by atoms with Crippen LogP contribution in [0.15, 0.2) is 17.0 Å². The van der Waals surface area contributed by atoms with Gasteiger partial charge in [0.15, 0.2) is 0 Å². The summed E-state index contributed by atoms with van der Waals surface area (Å²) in [4.78, 5) is 11.8. The van der Waals surface area contributed by atoms with Crippen LogP contribution in [0.4, 0.5) is 0 Å². The Balaban J connectivity index is 3.17. The molecule has 0 aliphatic heterocycles. The minimum Gasteiger partial charge on any atom is -0.469 e. The fraction of sp³-hybridized carbons (Fsp3) is 0.273. The van der Waals surface area contributed by atoms with Crippen molar-refractivity contribution in [3.63, 3.8) is 0 Å². The zero-order valence-corrected chi connectivity index (χ0v) is 11.1. The first kappa shape index (κ1) is 13.1. The maximum Gasteiger partial charge on any atom is 0.309 e. The number of alkyl halides is 1. The second-order valence-corrected chi connectivity index (χ2v) is 4.11. The maximum absolute atomic E-state index is 11.2. The number of carbonyl (C=O) groups is 1. The minimum absolute atomic E-state index is 0.191. The van der Waals surface area contributed by atoms with Crippen molar-refractivity contribution in [2.75, 3.05) is 7.11 Å². The van der Waals surface area contributed by atoms with Crippen LogP contribution in [0, 0.1) is 11.3 Å². The van der Waals surface area contributed by atoms with Crippen LogP contribution in [0.3, 0.4) is 0 Å². The topological polar surface area (TPSA) is 50.1 Å². The van der Waals surface area contributed by atoms with Gasteiger partial charge in [0.1, 0.15) is 6.07 Å². The lowest BCUT2D eigenvalue weighted by molar-refractivity contribution is -0.139. The van der Waals surface area contributed by atoms with E-state index < -0.39 is 0 Å². The Bertz CT molecular complexity index is 454. The van der Waals surface area contributed by atoms with Gasteiger partial charge in [-0.15, -0.1) is 12.6 Å². The van der Waals surface area contributed by atoms with Crippen LogP contribution < -0.4 is 0 Å². The van der Waals surface area contributed by atoms with Gasteiger partial charge in [-0.05, 0) is 17.2 Å². The second kappa shape index (κ2) is 5.92. The van der Waals surface area contributed by atoms with Crippen molar-refractivity contribution in [2.24, 2.45) is 0 Å². The van der Waals surface area contributed by atoms with Crippen LogP contribution in [0.1, 0.15) is 16.7 Å². The molecule has 1 aromatic carbocycles. The van der Waals surface area contributed by atoms with Crippen molar-refractivity contribution < 1.29 is 9.53 Å². The van der Waals surface area contributed by atoms with Crippen LogP contribution in [-0.2, 0) is 21.3 Å². The summed E-state index contributed by atoms with van der Waals surface area (Å²) in [6.45, 7) is 0. The molecule has 0 aliphatic rings. The third-order valence-electron chi connectivity index (χ3n) is 2.20. The summed E-state index contributed by atoms with van der Waals surface area (Å²) in [7, 11) is 1.35. The Kier molecular flexibility index (Phi) is 4.84. The molecule has 1 aromatic rings. The number of hydrogen-bond acceptors (Lipinski definition) is 4. The lowest BCUT2D eigenvalue weighted by Gasteiger charge is -2.10. The summed E-state index contributed by atoms with van der Waals surface area (Å²) < 4.78 is 4.61. The molecule has 0 aromatic heterocycles. The van der Waals surface area contributed by atoms with Crippen LogP contribution >= 0.6 is 28.6 Å². The quantitative estimate of drug-likeness (QED) is 0.530. The smallest absolute Gasteiger partial charge is 0.309 e. The standard InChI is InChI=1S/C11H10BrNO2S/c1-15-10(14)4-7-2-3-8(6-13)11(16)9(7)5-12/h2-3,16H,4-5H2,1H3. The number of hydrogen-bond donors (Lipinski definition) is 1. The fourth-order valence-corrected chi connectivity index (χ4v) is 2.52. The summed E-state index contributed by atoms with van der Waals surface area (Å²) in [5, 5.41) is 9.40. The molecule has 0 N–H and O–H groups in total. The van der Waals surface area contributed by atoms with Gasteiger partial charge in [0.25, 0.3) is 0 Å². The molecule has 0 fully saturated rings. The Morgan fingerprint density at radius 1 is 1.62 bits per heavy atom. The Labute approximate surface area is 108 Å². The lowest BCUT2D eigenvalue weighted by Crippen LogP contribution is -2.07. The van der Waals surface area contributed by atoms with E-state index in [-0.39, 0.29) is 12.4 Å². The third kappa shape index (κ3) is 2.77. The molecule has 0 heterocycles. The highest BCUT2D eigenvalue weighted by molar-refractivity contribution is 9.08. The van der Waals surface area contributed by atoms with E-state index in [1.807, 2.05) is 0 Å². The Morgan fingerprint density at radius 2 is 2.31 bits per heavy atom. The summed E-state index contributed by atoms with van der Waals surface area (Å²) in [5.74, 6) is -0.306. The first-order valence-corrected chi connectivity index (χ1v) is 6.07. The molecule has 0 spiro atoms. The summed E-state index contributed by atoms with van der Waals surface area (Å²) in [6, 6.07) is 5.47. The van der Waals surface area contributed by atoms with Gasteiger partial charge in [-0.25, -0.2) is 0 Å². The van der Waals surface area contributed by atoms with E-state index in [1.54, 1.807) is 12.1 Å². The number of methoxy groups -OCH3 is 1. The molecular weight excluding hydrogens is 290 g/mol. The van der Waals surface area contributed by atoms with E-state index in [1.165, 1.54) is 7.11 Å². The van der Waals surface area contributed by atoms with Crippen LogP contribution in [0.2, 0.25) is 0 Å². The molecule has 0 atom stereocenters. The van der Waals surface area contributed by atoms with Gasteiger partial charge in [-0.1, -0.05) is 22.0 Å². The van der Waals surface area contributed by atoms with Crippen molar-refractivity contribution in [2.45, 2.75) is 16.6 Å². The lowest BCUT2D eigenvalue weighted by atomic mass is 10.0. The highest BCUT2D eigenvalue weighted by Crippen LogP contribution is 2.25. The summed E-state index contributed by atoms with van der Waals surface area (Å²) in [5.41, 5.74) is 2.19. The number of halogens is 1. The molecular formula is C11H10BrNO2S. The Hall–Kier alpha value is -0.990. The van der Waals surface area contributed by atoms with E-state index in [2.05, 4.69) is 39.4 Å². The van der Waals surface area contributed by atoms with E-state index in [4.69, 9.17) is 5.26 Å². The van der Waals surface area contributed by atoms with Gasteiger partial charge in [0.2, 0.25) is 0 Å². The van der Waals surface area contributed by atoms with Crippen molar-refractivity contribution in [3.8, 4) is 6.07 Å². The zero-order valence-electron chi connectivity index (χ0n) is 8.66. The number of esters is 1. The Morgan fingerprint density at radius 3 is 2.81 bits per heavy atom. The monoisotopic (exact) mass is 299 g/mol. The summed E-state index contributed by atoms with van der Waals surface area (Å²) >= 11 is 7.61. The maximum atomic E-state index is 11.2. The molecule has 0 amide bonds. The highest BCUT2D eigenvalue weighted by Gasteiger charge is 2.12. The predicted octanol–water partition coefficient (Wildman–Crippen LogP) is 2.46. The van der Waals surface area contributed by atoms with Crippen LogP contribution in [-0.4, -0.2) is 13.1 Å². The van der Waals surface area contributed by atoms with Gasteiger partial charge < -0.3 is 4.74 Å². The highest BCUT2D eigenvalue weighted by atomic mass is 79.9. The number of ether oxygens (including phenoxy) is 1. The molecule has 16 heavy (non-hydrogen) atoms. The normalized spacial score (nSPS) is 9.62. The second-order valence-electron chi connectivity index (χ2n) is 3.10. The van der Waals surface area contributed by atoms with E-state index in [0.717, 1.165) is 11.1 Å². The van der Waals surface area contributed by atoms with Crippen molar-refractivity contribution in [1.82, 2.24) is 0 Å². The van der Waals surface area contributed by atoms with Crippen molar-refractivity contribution in [3.05, 3.63) is 28.8 Å². The van der Waals surface area contributed by atoms with E-state index >= 15 is 0 Å². The fourth-order valence-electron chi connectivity index (χ4n) is 1.31. The SMILES string of the molecule is COC(=O)Cc1ccc(C#N)c(S)c1CBr. The molecule has 0 saturated carbocycles. The number of nitrogens with zero attached hydrogens (tertiary/aromatic N) is 1. The molecule has 5 heteroatoms. The van der Waals surface area contributed by atoms with Gasteiger partial charge >= 0.3 is 5.97 Å². The van der Waals surface area contributed by atoms with Gasteiger partial charge in [-0.2, -0.15) is 5.26 Å². The van der Waals surface area contributed by atoms with Gasteiger partial charge in [0, 0.05) is 10.2 Å². The summed E-state index contributed by atoms with van der Waals surface area (Å²) in [6.07, 6.45) is 0.191. The van der Waals surface area contributed by atoms with Gasteiger partial charge in [-0.3, -0.25) is 4.79 Å². The minimum atomic E-state index is -0.306. The van der Waals surface area contributed by atoms with Gasteiger partial charge in [0.05, 0.1) is 19.1 Å². The van der Waals surface area contributed by atoms with Crippen molar-refractivity contribution in [1.29, 1.82) is 5.26 Å². The van der Waals surface area contributed by atoms with Crippen LogP contribution in [0.25, 0.3) is 0 Å². The number of thiol groups is 1. The number of nitriles is 1. The number of benzene rings is 1. The van der Waals surface area contributed by atoms with Crippen molar-refractivity contribution >= 4 is 34.5 Å². The van der Waals surface area contributed by atoms with Crippen LogP contribution in [0.5, 0.6) is 0 Å². The number of carbonyl (C=O) groups excluding carboxylic acids is 1. The average Bonchev–Trinajstić information content (AvgIpc) is 2.29. The first-order chi connectivity index (χ1) is 7.63. The molecule has 0 saturated heterocycles. The average molecular weight is 300 g/mol. The third-order valence-corrected chi connectivity index (χ3v) is 3.27. The largest absolute Gasteiger partial charge is 0.469 e.